The summed E-state index contributed by atoms with van der Waals surface area (Å²) in [5, 5.41) is 33.5. The lowest BCUT2D eigenvalue weighted by Gasteiger charge is -2.70. The molecular weight excluding hydrogens is 612 g/mol. The van der Waals surface area contributed by atoms with Gasteiger partial charge in [0.05, 0.1) is 23.0 Å². The Hall–Kier alpha value is -1.52. The molecule has 9 heteroatoms. The Balaban J connectivity index is 1.20. The van der Waals surface area contributed by atoms with Crippen molar-refractivity contribution < 1.29 is 43.9 Å². The van der Waals surface area contributed by atoms with Crippen LogP contribution in [0.4, 0.5) is 0 Å². The summed E-state index contributed by atoms with van der Waals surface area (Å²) in [5.41, 5.74) is -1.92. The highest BCUT2D eigenvalue weighted by molar-refractivity contribution is 5.84. The fourth-order valence-corrected chi connectivity index (χ4v) is 13.5. The second kappa shape index (κ2) is 11.0. The first kappa shape index (κ1) is 34.9. The standard InChI is InChI=1S/C39H60O9/c1-20-12-17-38(32(41)42)18-19-39(33(43)44)23(27(38)21(20)2)10-11-25-36(8)15-14-26(34(4,5)24(36)13-16-37(25,39)9)46-31-28(40)30-29(22(3)45-31)47-35(6,7)48-30/h10,20-22,24-31,40H,11-19H2,1-9H3,(H,41,42)(H,43,44). The molecule has 0 amide bonds. The molecule has 0 aromatic rings. The van der Waals surface area contributed by atoms with Crippen LogP contribution in [0.5, 0.6) is 0 Å². The lowest BCUT2D eigenvalue weighted by Crippen LogP contribution is -2.68. The first-order chi connectivity index (χ1) is 22.3. The maximum Gasteiger partial charge on any atom is 0.314 e. The van der Waals surface area contributed by atoms with E-state index in [0.717, 1.165) is 44.1 Å². The summed E-state index contributed by atoms with van der Waals surface area (Å²) < 4.78 is 25.1. The van der Waals surface area contributed by atoms with Crippen molar-refractivity contribution in [2.24, 2.45) is 56.7 Å². The van der Waals surface area contributed by atoms with Gasteiger partial charge in [0.2, 0.25) is 0 Å². The van der Waals surface area contributed by atoms with E-state index in [-0.39, 0.29) is 52.8 Å². The van der Waals surface area contributed by atoms with Gasteiger partial charge < -0.3 is 34.3 Å². The molecule has 0 aromatic heterocycles. The monoisotopic (exact) mass is 672 g/mol. The minimum atomic E-state index is -1.07. The molecule has 2 heterocycles. The Morgan fingerprint density at radius 3 is 2.19 bits per heavy atom. The highest BCUT2D eigenvalue weighted by atomic mass is 16.8. The second-order valence-corrected chi connectivity index (χ2v) is 18.7. The first-order valence-electron chi connectivity index (χ1n) is 18.8. The van der Waals surface area contributed by atoms with Gasteiger partial charge in [0, 0.05) is 0 Å². The minimum Gasteiger partial charge on any atom is -0.481 e. The van der Waals surface area contributed by atoms with Gasteiger partial charge >= 0.3 is 11.9 Å². The van der Waals surface area contributed by atoms with Gasteiger partial charge in [-0.2, -0.15) is 0 Å². The lowest BCUT2D eigenvalue weighted by molar-refractivity contribution is -0.312. The highest BCUT2D eigenvalue weighted by Gasteiger charge is 2.73. The third-order valence-electron chi connectivity index (χ3n) is 16.1. The van der Waals surface area contributed by atoms with E-state index in [4.69, 9.17) is 18.9 Å². The zero-order valence-corrected chi connectivity index (χ0v) is 30.6. The summed E-state index contributed by atoms with van der Waals surface area (Å²) in [4.78, 5) is 26.9. The summed E-state index contributed by atoms with van der Waals surface area (Å²) in [6, 6.07) is 0. The minimum absolute atomic E-state index is 0.112. The zero-order valence-electron chi connectivity index (χ0n) is 30.6. The van der Waals surface area contributed by atoms with Gasteiger partial charge in [-0.1, -0.05) is 53.2 Å². The Morgan fingerprint density at radius 2 is 1.52 bits per heavy atom. The molecule has 4 saturated carbocycles. The molecule has 15 atom stereocenters. The highest BCUT2D eigenvalue weighted by Crippen LogP contribution is 2.76. The molecule has 5 aliphatic carbocycles. The van der Waals surface area contributed by atoms with Gasteiger partial charge in [-0.05, 0) is 124 Å². The number of aliphatic hydroxyl groups is 1. The van der Waals surface area contributed by atoms with E-state index in [9.17, 15) is 24.9 Å². The van der Waals surface area contributed by atoms with Crippen molar-refractivity contribution in [1.29, 1.82) is 0 Å². The van der Waals surface area contributed by atoms with Crippen LogP contribution in [0, 0.1) is 56.7 Å². The molecule has 48 heavy (non-hydrogen) atoms. The maximum absolute atomic E-state index is 13.9. The number of carboxylic acid groups (broad SMARTS) is 2. The predicted octanol–water partition coefficient (Wildman–Crippen LogP) is 6.80. The summed E-state index contributed by atoms with van der Waals surface area (Å²) >= 11 is 0. The third-order valence-corrected chi connectivity index (χ3v) is 16.1. The van der Waals surface area contributed by atoms with E-state index >= 15 is 0 Å². The molecule has 15 unspecified atom stereocenters. The molecule has 6 fully saturated rings. The van der Waals surface area contributed by atoms with Gasteiger partial charge in [0.1, 0.15) is 18.3 Å². The average molecular weight is 673 g/mol. The molecule has 3 N–H and O–H groups in total. The number of aliphatic carboxylic acids is 2. The number of hydrogen-bond donors (Lipinski definition) is 3. The van der Waals surface area contributed by atoms with Gasteiger partial charge in [-0.3, -0.25) is 9.59 Å². The van der Waals surface area contributed by atoms with Gasteiger partial charge in [0.15, 0.2) is 12.1 Å². The van der Waals surface area contributed by atoms with Crippen molar-refractivity contribution in [3.05, 3.63) is 11.6 Å². The molecule has 7 aliphatic rings. The number of hydrogen-bond acceptors (Lipinski definition) is 7. The Morgan fingerprint density at radius 1 is 0.833 bits per heavy atom. The van der Waals surface area contributed by atoms with Crippen LogP contribution in [-0.2, 0) is 28.5 Å². The topological polar surface area (TPSA) is 132 Å². The van der Waals surface area contributed by atoms with Crippen LogP contribution in [-0.4, -0.2) is 69.9 Å². The van der Waals surface area contributed by atoms with E-state index in [0.29, 0.717) is 25.2 Å². The average Bonchev–Trinajstić information content (AvgIpc) is 3.34. The smallest absolute Gasteiger partial charge is 0.314 e. The number of fused-ring (bicyclic) bond motifs is 8. The molecule has 2 aliphatic heterocycles. The number of carboxylic acids is 2. The quantitative estimate of drug-likeness (QED) is 0.218. The largest absolute Gasteiger partial charge is 0.481 e. The van der Waals surface area contributed by atoms with Crippen LogP contribution < -0.4 is 0 Å². The summed E-state index contributed by atoms with van der Waals surface area (Å²) in [5.74, 6) is -1.69. The fourth-order valence-electron chi connectivity index (χ4n) is 13.5. The third kappa shape index (κ3) is 4.45. The molecule has 0 bridgehead atoms. The second-order valence-electron chi connectivity index (χ2n) is 18.7. The Labute approximate surface area is 286 Å². The molecule has 270 valence electrons. The van der Waals surface area contributed by atoms with Crippen LogP contribution in [0.25, 0.3) is 0 Å². The van der Waals surface area contributed by atoms with Crippen LogP contribution in [0.3, 0.4) is 0 Å². The van der Waals surface area contributed by atoms with Crippen molar-refractivity contribution in [3.63, 3.8) is 0 Å². The van der Waals surface area contributed by atoms with E-state index in [1.54, 1.807) is 0 Å². The normalized spacial score (nSPS) is 53.6. The van der Waals surface area contributed by atoms with Crippen molar-refractivity contribution in [2.45, 2.75) is 163 Å². The van der Waals surface area contributed by atoms with E-state index < -0.39 is 52.5 Å². The van der Waals surface area contributed by atoms with E-state index in [1.165, 1.54) is 0 Å². The molecule has 2 saturated heterocycles. The number of allylic oxidation sites excluding steroid dienone is 1. The molecule has 0 aromatic carbocycles. The van der Waals surface area contributed by atoms with Crippen LogP contribution >= 0.6 is 0 Å². The van der Waals surface area contributed by atoms with Crippen LogP contribution in [0.1, 0.15) is 120 Å². The molecule has 7 rings (SSSR count). The van der Waals surface area contributed by atoms with E-state index in [2.05, 4.69) is 47.6 Å². The maximum atomic E-state index is 13.9. The zero-order chi connectivity index (χ0) is 35.0. The summed E-state index contributed by atoms with van der Waals surface area (Å²) in [7, 11) is 0. The SMILES string of the molecule is CC1CCC2(C(=O)O)CCC3(C(=O)O)C(=CCC4C5(C)CCC(OC6OC(C)C7OC(C)(C)OC7C6O)C(C)(C)C5CCC43C)C2C1C. The molecular formula is C39H60O9. The Kier molecular flexibility index (Phi) is 7.99. The van der Waals surface area contributed by atoms with E-state index in [1.807, 2.05) is 20.8 Å². The molecule has 0 radical (unpaired) electrons. The first-order valence-corrected chi connectivity index (χ1v) is 18.8. The summed E-state index contributed by atoms with van der Waals surface area (Å²) in [6.45, 7) is 19.2. The number of rotatable bonds is 4. The number of carbonyl (C=O) groups is 2. The number of ether oxygens (including phenoxy) is 4. The Bertz CT molecular complexity index is 1370. The van der Waals surface area contributed by atoms with Crippen LogP contribution in [0.2, 0.25) is 0 Å². The van der Waals surface area contributed by atoms with Crippen molar-refractivity contribution in [1.82, 2.24) is 0 Å². The molecule has 9 nitrogen and oxygen atoms in total. The predicted molar refractivity (Wildman–Crippen MR) is 178 cm³/mol. The summed E-state index contributed by atoms with van der Waals surface area (Å²) in [6.07, 6.45) is 5.50. The lowest BCUT2D eigenvalue weighted by atomic mass is 9.33. The fraction of sp³-hybridized carbons (Fsp3) is 0.897. The molecule has 0 spiro atoms. The van der Waals surface area contributed by atoms with Crippen LogP contribution in [0.15, 0.2) is 11.6 Å². The van der Waals surface area contributed by atoms with Crippen molar-refractivity contribution >= 4 is 11.9 Å². The van der Waals surface area contributed by atoms with Crippen molar-refractivity contribution in [3.8, 4) is 0 Å². The van der Waals surface area contributed by atoms with Crippen molar-refractivity contribution in [2.75, 3.05) is 0 Å². The number of aliphatic hydroxyl groups excluding tert-OH is 1. The van der Waals surface area contributed by atoms with Gasteiger partial charge in [-0.25, -0.2) is 0 Å². The van der Waals surface area contributed by atoms with Gasteiger partial charge in [0.25, 0.3) is 0 Å². The van der Waals surface area contributed by atoms with Gasteiger partial charge in [-0.15, -0.1) is 0 Å².